The van der Waals surface area contributed by atoms with E-state index in [2.05, 4.69) is 53.7 Å². The fraction of sp³-hybridized carbons (Fsp3) is 0.412. The van der Waals surface area contributed by atoms with Gasteiger partial charge >= 0.3 is 12.3 Å². The first-order chi connectivity index (χ1) is 19.7. The lowest BCUT2D eigenvalue weighted by atomic mass is 9.82. The van der Waals surface area contributed by atoms with Crippen LogP contribution in [0.15, 0.2) is 60.7 Å². The van der Waals surface area contributed by atoms with E-state index in [0.29, 0.717) is 29.1 Å². The van der Waals surface area contributed by atoms with Crippen LogP contribution >= 0.6 is 0 Å². The molecule has 0 bridgehead atoms. The van der Waals surface area contributed by atoms with Gasteiger partial charge in [0.1, 0.15) is 11.9 Å². The summed E-state index contributed by atoms with van der Waals surface area (Å²) >= 11 is 0. The van der Waals surface area contributed by atoms with E-state index in [4.69, 9.17) is 9.84 Å². The standard InChI is InChI=1S/C34H40F3NO4/c1-20(2)26-18-28(21(3)4)31(29(19-26)22(5)6)24-13-15-27(16-14-24)42-30(8-7-17-34(35,36)37)23-9-11-25(12-10-23)32(39)38-33(40)41/h9-16,18-22,30H,7-8,17H2,1-6H3,(H,38,39)(H,40,41). The van der Waals surface area contributed by atoms with Gasteiger partial charge in [-0.1, -0.05) is 77.9 Å². The third-order valence-electron chi connectivity index (χ3n) is 7.25. The number of alkyl halides is 3. The molecule has 42 heavy (non-hydrogen) atoms. The van der Waals surface area contributed by atoms with Crippen LogP contribution in [0, 0.1) is 0 Å². The molecule has 0 radical (unpaired) electrons. The van der Waals surface area contributed by atoms with Crippen molar-refractivity contribution in [2.24, 2.45) is 0 Å². The van der Waals surface area contributed by atoms with Crippen molar-refractivity contribution in [1.29, 1.82) is 0 Å². The molecule has 3 aromatic carbocycles. The van der Waals surface area contributed by atoms with Gasteiger partial charge in [-0.25, -0.2) is 4.79 Å². The summed E-state index contributed by atoms with van der Waals surface area (Å²) in [6.45, 7) is 13.1. The highest BCUT2D eigenvalue weighted by atomic mass is 19.4. The Hall–Kier alpha value is -3.81. The second-order valence-corrected chi connectivity index (χ2v) is 11.6. The van der Waals surface area contributed by atoms with Crippen molar-refractivity contribution < 1.29 is 32.6 Å². The molecule has 2 amide bonds. The summed E-state index contributed by atoms with van der Waals surface area (Å²) in [7, 11) is 0. The first-order valence-electron chi connectivity index (χ1n) is 14.3. The fourth-order valence-corrected chi connectivity index (χ4v) is 4.95. The number of carbonyl (C=O) groups is 2. The van der Waals surface area contributed by atoms with Crippen molar-refractivity contribution in [2.75, 3.05) is 0 Å². The Morgan fingerprint density at radius 1 is 0.810 bits per heavy atom. The van der Waals surface area contributed by atoms with Crippen LogP contribution in [0.5, 0.6) is 5.75 Å². The molecule has 0 aliphatic heterocycles. The zero-order valence-electron chi connectivity index (χ0n) is 25.0. The number of halogens is 3. The first-order valence-corrected chi connectivity index (χ1v) is 14.3. The van der Waals surface area contributed by atoms with Crippen molar-refractivity contribution >= 4 is 12.0 Å². The predicted molar refractivity (Wildman–Crippen MR) is 159 cm³/mol. The molecule has 0 aliphatic carbocycles. The van der Waals surface area contributed by atoms with E-state index < -0.39 is 30.7 Å². The van der Waals surface area contributed by atoms with Gasteiger partial charge in [-0.3, -0.25) is 10.1 Å². The Bertz CT molecular complexity index is 1330. The third kappa shape index (κ3) is 8.84. The topological polar surface area (TPSA) is 75.6 Å². The van der Waals surface area contributed by atoms with Crippen molar-refractivity contribution in [3.63, 3.8) is 0 Å². The van der Waals surface area contributed by atoms with Crippen LogP contribution in [-0.2, 0) is 0 Å². The lowest BCUT2D eigenvalue weighted by Gasteiger charge is -2.24. The summed E-state index contributed by atoms with van der Waals surface area (Å²) in [4.78, 5) is 22.8. The van der Waals surface area contributed by atoms with Gasteiger partial charge in [-0.15, -0.1) is 0 Å². The van der Waals surface area contributed by atoms with E-state index in [1.807, 2.05) is 24.3 Å². The number of carboxylic acid groups (broad SMARTS) is 1. The number of rotatable bonds is 11. The zero-order valence-corrected chi connectivity index (χ0v) is 25.0. The molecule has 0 aliphatic rings. The molecule has 0 saturated heterocycles. The SMILES string of the molecule is CC(C)c1cc(C(C)C)c(-c2ccc(OC(CCCC(F)(F)F)c3ccc(C(=O)NC(=O)O)cc3)cc2)c(C(C)C)c1. The molecule has 3 rings (SSSR count). The van der Waals surface area contributed by atoms with Crippen LogP contribution in [-0.4, -0.2) is 23.3 Å². The number of hydrogen-bond donors (Lipinski definition) is 2. The van der Waals surface area contributed by atoms with Crippen molar-refractivity contribution in [3.8, 4) is 16.9 Å². The molecule has 0 heterocycles. The summed E-state index contributed by atoms with van der Waals surface area (Å²) in [6, 6.07) is 18.2. The van der Waals surface area contributed by atoms with Gasteiger partial charge in [0.2, 0.25) is 0 Å². The molecule has 1 unspecified atom stereocenters. The maximum absolute atomic E-state index is 12.9. The average molecular weight is 584 g/mol. The molecule has 226 valence electrons. The minimum absolute atomic E-state index is 0.105. The van der Waals surface area contributed by atoms with E-state index in [9.17, 15) is 22.8 Å². The van der Waals surface area contributed by atoms with E-state index in [-0.39, 0.29) is 18.4 Å². The molecular weight excluding hydrogens is 543 g/mol. The number of ether oxygens (including phenoxy) is 1. The Labute approximate surface area is 246 Å². The molecule has 2 N–H and O–H groups in total. The molecule has 5 nitrogen and oxygen atoms in total. The second kappa shape index (κ2) is 13.9. The summed E-state index contributed by atoms with van der Waals surface area (Å²) in [5, 5.41) is 10.6. The molecule has 0 saturated carbocycles. The van der Waals surface area contributed by atoms with Crippen LogP contribution < -0.4 is 10.1 Å². The van der Waals surface area contributed by atoms with Crippen molar-refractivity contribution in [1.82, 2.24) is 5.32 Å². The van der Waals surface area contributed by atoms with Gasteiger partial charge in [0.25, 0.3) is 5.91 Å². The van der Waals surface area contributed by atoms with E-state index in [1.54, 1.807) is 17.4 Å². The second-order valence-electron chi connectivity index (χ2n) is 11.6. The minimum atomic E-state index is -4.28. The van der Waals surface area contributed by atoms with Gasteiger partial charge in [-0.2, -0.15) is 13.2 Å². The molecule has 0 aromatic heterocycles. The normalized spacial score (nSPS) is 12.6. The van der Waals surface area contributed by atoms with Crippen LogP contribution in [0.3, 0.4) is 0 Å². The highest BCUT2D eigenvalue weighted by Crippen LogP contribution is 2.40. The quantitative estimate of drug-likeness (QED) is 0.236. The number of hydrogen-bond acceptors (Lipinski definition) is 3. The van der Waals surface area contributed by atoms with Crippen molar-refractivity contribution in [2.45, 2.75) is 90.8 Å². The first kappa shape index (κ1) is 32.7. The van der Waals surface area contributed by atoms with Gasteiger partial charge in [0.05, 0.1) is 0 Å². The van der Waals surface area contributed by atoms with Crippen LogP contribution in [0.4, 0.5) is 18.0 Å². The van der Waals surface area contributed by atoms with Crippen molar-refractivity contribution in [3.05, 3.63) is 88.5 Å². The summed E-state index contributed by atoms with van der Waals surface area (Å²) < 4.78 is 44.9. The smallest absolute Gasteiger partial charge is 0.411 e. The van der Waals surface area contributed by atoms with E-state index >= 15 is 0 Å². The Morgan fingerprint density at radius 3 is 1.81 bits per heavy atom. The molecular formula is C34H40F3NO4. The molecule has 8 heteroatoms. The van der Waals surface area contributed by atoms with Gasteiger partial charge < -0.3 is 9.84 Å². The molecule has 0 fully saturated rings. The highest BCUT2D eigenvalue weighted by Gasteiger charge is 2.27. The number of imide groups is 1. The Kier molecular flexibility index (Phi) is 10.8. The van der Waals surface area contributed by atoms with Crippen LogP contribution in [0.2, 0.25) is 0 Å². The fourth-order valence-electron chi connectivity index (χ4n) is 4.95. The maximum atomic E-state index is 12.9. The Balaban J connectivity index is 1.93. The van der Waals surface area contributed by atoms with E-state index in [0.717, 1.165) is 5.56 Å². The Morgan fingerprint density at radius 2 is 1.36 bits per heavy atom. The lowest BCUT2D eigenvalue weighted by molar-refractivity contribution is -0.136. The molecule has 0 spiro atoms. The lowest BCUT2D eigenvalue weighted by Crippen LogP contribution is -2.28. The zero-order chi connectivity index (χ0) is 31.2. The average Bonchev–Trinajstić information content (AvgIpc) is 2.91. The third-order valence-corrected chi connectivity index (χ3v) is 7.25. The van der Waals surface area contributed by atoms with Crippen LogP contribution in [0.25, 0.3) is 11.1 Å². The van der Waals surface area contributed by atoms with Gasteiger partial charge in [-0.05, 0) is 88.2 Å². The number of carbonyl (C=O) groups excluding carboxylic acids is 1. The summed E-state index contributed by atoms with van der Waals surface area (Å²) in [6.07, 6.45) is -7.42. The maximum Gasteiger partial charge on any atom is 0.411 e. The van der Waals surface area contributed by atoms with Gasteiger partial charge in [0.15, 0.2) is 0 Å². The highest BCUT2D eigenvalue weighted by molar-refractivity contribution is 6.02. The van der Waals surface area contributed by atoms with Crippen LogP contribution in [0.1, 0.15) is 117 Å². The number of amides is 2. The monoisotopic (exact) mass is 583 g/mol. The minimum Gasteiger partial charge on any atom is -0.486 e. The molecule has 1 atom stereocenters. The number of benzene rings is 3. The van der Waals surface area contributed by atoms with Gasteiger partial charge in [0, 0.05) is 12.0 Å². The van der Waals surface area contributed by atoms with E-state index in [1.165, 1.54) is 34.4 Å². The summed E-state index contributed by atoms with van der Waals surface area (Å²) in [5.74, 6) is 0.748. The molecule has 3 aromatic rings. The summed E-state index contributed by atoms with van der Waals surface area (Å²) in [5.41, 5.74) is 6.80. The number of nitrogens with one attached hydrogen (secondary N) is 1. The largest absolute Gasteiger partial charge is 0.486 e. The predicted octanol–water partition coefficient (Wildman–Crippen LogP) is 9.98.